The molecule has 0 spiro atoms. The van der Waals surface area contributed by atoms with Crippen LogP contribution in [0.3, 0.4) is 0 Å². The maximum atomic E-state index is 13.8. The van der Waals surface area contributed by atoms with Crippen molar-refractivity contribution in [3.8, 4) is 11.4 Å². The maximum absolute atomic E-state index is 13.8. The minimum atomic E-state index is -0.461. The molecule has 1 amide bonds. The molecule has 0 saturated carbocycles. The number of aryl methyl sites for hydroxylation is 1. The number of imidazole rings is 1. The number of H-pyrrole nitrogens is 1. The van der Waals surface area contributed by atoms with Crippen molar-refractivity contribution >= 4 is 17.5 Å². The molecule has 2 heterocycles. The topological polar surface area (TPSA) is 57.8 Å². The van der Waals surface area contributed by atoms with Gasteiger partial charge in [-0.3, -0.25) is 4.79 Å². The van der Waals surface area contributed by atoms with E-state index in [-0.39, 0.29) is 16.5 Å². The van der Waals surface area contributed by atoms with E-state index in [1.54, 1.807) is 6.07 Å². The average molecular weight is 280 g/mol. The van der Waals surface area contributed by atoms with Crippen molar-refractivity contribution in [3.05, 3.63) is 40.4 Å². The van der Waals surface area contributed by atoms with Crippen LogP contribution in [0.15, 0.2) is 18.2 Å². The van der Waals surface area contributed by atoms with Crippen LogP contribution < -0.4 is 5.32 Å². The number of hydrogen-bond acceptors (Lipinski definition) is 2. The van der Waals surface area contributed by atoms with E-state index in [1.165, 1.54) is 12.1 Å². The van der Waals surface area contributed by atoms with E-state index in [2.05, 4.69) is 15.3 Å². The van der Waals surface area contributed by atoms with Gasteiger partial charge in [0.1, 0.15) is 17.3 Å². The van der Waals surface area contributed by atoms with E-state index in [1.807, 2.05) is 0 Å². The molecular weight excluding hydrogens is 269 g/mol. The van der Waals surface area contributed by atoms with E-state index < -0.39 is 5.82 Å². The first-order valence-electron chi connectivity index (χ1n) is 5.98. The van der Waals surface area contributed by atoms with Gasteiger partial charge in [0, 0.05) is 12.2 Å². The molecule has 19 heavy (non-hydrogen) atoms. The fraction of sp³-hybridized carbons (Fsp3) is 0.231. The number of halogens is 2. The van der Waals surface area contributed by atoms with E-state index in [0.29, 0.717) is 24.5 Å². The number of carbonyl (C=O) groups excluding carboxylic acids is 1. The zero-order valence-corrected chi connectivity index (χ0v) is 10.7. The Morgan fingerprint density at radius 2 is 2.21 bits per heavy atom. The second-order valence-electron chi connectivity index (χ2n) is 4.37. The van der Waals surface area contributed by atoms with E-state index in [9.17, 15) is 9.18 Å². The highest BCUT2D eigenvalue weighted by molar-refractivity contribution is 6.33. The first-order valence-corrected chi connectivity index (χ1v) is 6.36. The fourth-order valence-electron chi connectivity index (χ4n) is 2.17. The van der Waals surface area contributed by atoms with Gasteiger partial charge in [0.15, 0.2) is 0 Å². The number of amides is 1. The van der Waals surface area contributed by atoms with Gasteiger partial charge in [-0.2, -0.15) is 0 Å². The van der Waals surface area contributed by atoms with Crippen molar-refractivity contribution < 1.29 is 9.18 Å². The van der Waals surface area contributed by atoms with Gasteiger partial charge in [-0.25, -0.2) is 9.37 Å². The number of benzene rings is 1. The lowest BCUT2D eigenvalue weighted by atomic mass is 10.2. The fourth-order valence-corrected chi connectivity index (χ4v) is 2.42. The molecule has 0 fully saturated rings. The summed E-state index contributed by atoms with van der Waals surface area (Å²) >= 11 is 6.00. The molecule has 2 aromatic rings. The Hall–Kier alpha value is -1.88. The van der Waals surface area contributed by atoms with Crippen LogP contribution in [0.4, 0.5) is 4.39 Å². The van der Waals surface area contributed by atoms with Crippen LogP contribution in [0.1, 0.15) is 22.6 Å². The van der Waals surface area contributed by atoms with Gasteiger partial charge in [0.2, 0.25) is 0 Å². The van der Waals surface area contributed by atoms with Crippen LogP contribution in [-0.2, 0) is 6.42 Å². The predicted molar refractivity (Wildman–Crippen MR) is 69.6 cm³/mol. The monoisotopic (exact) mass is 279 g/mol. The van der Waals surface area contributed by atoms with Crippen molar-refractivity contribution in [2.45, 2.75) is 12.8 Å². The van der Waals surface area contributed by atoms with Crippen LogP contribution in [0.2, 0.25) is 5.02 Å². The number of hydrogen-bond donors (Lipinski definition) is 2. The molecule has 2 N–H and O–H groups in total. The van der Waals surface area contributed by atoms with Crippen LogP contribution in [0, 0.1) is 5.82 Å². The standard InChI is InChI=1S/C13H11ClFN3O/c14-7-3-1-4-8(15)10(7)12-17-9-5-2-6-16-13(19)11(9)18-12/h1,3-4H,2,5-6H2,(H,16,19)(H,17,18). The van der Waals surface area contributed by atoms with Gasteiger partial charge < -0.3 is 10.3 Å². The van der Waals surface area contributed by atoms with Gasteiger partial charge in [-0.05, 0) is 25.0 Å². The molecule has 0 unspecified atom stereocenters. The quantitative estimate of drug-likeness (QED) is 0.843. The number of nitrogens with zero attached hydrogens (tertiary/aromatic N) is 1. The lowest BCUT2D eigenvalue weighted by Crippen LogP contribution is -2.23. The molecule has 1 aromatic heterocycles. The average Bonchev–Trinajstić information content (AvgIpc) is 2.71. The Balaban J connectivity index is 2.13. The van der Waals surface area contributed by atoms with Crippen LogP contribution in [0.5, 0.6) is 0 Å². The molecule has 4 nitrogen and oxygen atoms in total. The first kappa shape index (κ1) is 12.2. The van der Waals surface area contributed by atoms with Crippen LogP contribution in [-0.4, -0.2) is 22.4 Å². The number of aromatic amines is 1. The van der Waals surface area contributed by atoms with Crippen molar-refractivity contribution in [2.75, 3.05) is 6.54 Å². The summed E-state index contributed by atoms with van der Waals surface area (Å²) in [5.41, 5.74) is 1.25. The SMILES string of the molecule is O=C1NCCCc2[nH]c(-c3c(F)cccc3Cl)nc21. The lowest BCUT2D eigenvalue weighted by Gasteiger charge is -2.02. The highest BCUT2D eigenvalue weighted by Crippen LogP contribution is 2.29. The second kappa shape index (κ2) is 4.66. The molecule has 1 aliphatic rings. The Labute approximate surface area is 114 Å². The smallest absolute Gasteiger partial charge is 0.271 e. The number of fused-ring (bicyclic) bond motifs is 1. The minimum Gasteiger partial charge on any atom is -0.351 e. The number of carbonyl (C=O) groups is 1. The minimum absolute atomic E-state index is 0.199. The summed E-state index contributed by atoms with van der Waals surface area (Å²) in [4.78, 5) is 19.0. The van der Waals surface area contributed by atoms with Gasteiger partial charge in [0.25, 0.3) is 5.91 Å². The summed E-state index contributed by atoms with van der Waals surface area (Å²) in [7, 11) is 0. The molecule has 0 radical (unpaired) electrons. The van der Waals surface area contributed by atoms with Gasteiger partial charge in [-0.1, -0.05) is 17.7 Å². The molecule has 98 valence electrons. The maximum Gasteiger partial charge on any atom is 0.271 e. The third-order valence-electron chi connectivity index (χ3n) is 3.08. The summed E-state index contributed by atoms with van der Waals surface area (Å²) < 4.78 is 13.8. The summed E-state index contributed by atoms with van der Waals surface area (Å²) in [6.07, 6.45) is 1.53. The van der Waals surface area contributed by atoms with Crippen LogP contribution >= 0.6 is 11.6 Å². The molecule has 6 heteroatoms. The third kappa shape index (κ3) is 2.10. The molecule has 0 atom stereocenters. The van der Waals surface area contributed by atoms with Crippen molar-refractivity contribution in [1.82, 2.24) is 15.3 Å². The van der Waals surface area contributed by atoms with Crippen molar-refractivity contribution in [1.29, 1.82) is 0 Å². The van der Waals surface area contributed by atoms with Gasteiger partial charge in [0.05, 0.1) is 10.6 Å². The second-order valence-corrected chi connectivity index (χ2v) is 4.78. The molecule has 1 aliphatic heterocycles. The summed E-state index contributed by atoms with van der Waals surface area (Å²) in [5, 5.41) is 3.01. The highest BCUT2D eigenvalue weighted by Gasteiger charge is 2.22. The molecule has 0 saturated heterocycles. The Morgan fingerprint density at radius 1 is 1.37 bits per heavy atom. The molecule has 3 rings (SSSR count). The number of aromatic nitrogens is 2. The zero-order chi connectivity index (χ0) is 13.4. The number of rotatable bonds is 1. The Kier molecular flexibility index (Phi) is 2.98. The van der Waals surface area contributed by atoms with Gasteiger partial charge >= 0.3 is 0 Å². The Morgan fingerprint density at radius 3 is 3.00 bits per heavy atom. The van der Waals surface area contributed by atoms with E-state index in [4.69, 9.17) is 11.6 Å². The third-order valence-corrected chi connectivity index (χ3v) is 3.40. The van der Waals surface area contributed by atoms with Crippen molar-refractivity contribution in [3.63, 3.8) is 0 Å². The normalized spacial score (nSPS) is 14.7. The molecule has 0 aliphatic carbocycles. The largest absolute Gasteiger partial charge is 0.351 e. The first-order chi connectivity index (χ1) is 9.16. The Bertz CT molecular complexity index is 633. The summed E-state index contributed by atoms with van der Waals surface area (Å²) in [5.74, 6) is -0.399. The molecular formula is C13H11ClFN3O. The lowest BCUT2D eigenvalue weighted by molar-refractivity contribution is 0.0951. The van der Waals surface area contributed by atoms with Gasteiger partial charge in [-0.15, -0.1) is 0 Å². The van der Waals surface area contributed by atoms with E-state index in [0.717, 1.165) is 12.1 Å². The number of nitrogens with one attached hydrogen (secondary N) is 2. The van der Waals surface area contributed by atoms with E-state index >= 15 is 0 Å². The summed E-state index contributed by atoms with van der Waals surface area (Å²) in [6, 6.07) is 4.44. The molecule has 0 bridgehead atoms. The van der Waals surface area contributed by atoms with Crippen LogP contribution in [0.25, 0.3) is 11.4 Å². The summed E-state index contributed by atoms with van der Waals surface area (Å²) in [6.45, 7) is 0.624. The highest BCUT2D eigenvalue weighted by atomic mass is 35.5. The molecule has 1 aromatic carbocycles. The zero-order valence-electron chi connectivity index (χ0n) is 9.96. The predicted octanol–water partition coefficient (Wildman–Crippen LogP) is 2.55. The van der Waals surface area contributed by atoms with Crippen molar-refractivity contribution in [2.24, 2.45) is 0 Å².